The summed E-state index contributed by atoms with van der Waals surface area (Å²) in [4.78, 5) is 37.5. The fourth-order valence-corrected chi connectivity index (χ4v) is 2.99. The summed E-state index contributed by atoms with van der Waals surface area (Å²) in [5.74, 6) is -4.31. The van der Waals surface area contributed by atoms with Gasteiger partial charge in [0.25, 0.3) is 5.91 Å². The van der Waals surface area contributed by atoms with E-state index < -0.39 is 47.4 Å². The average Bonchev–Trinajstić information content (AvgIpc) is 2.83. The third kappa shape index (κ3) is 3.53. The Balaban J connectivity index is 1.80. The normalized spacial score (nSPS) is 19.0. The minimum Gasteiger partial charge on any atom is -0.322 e. The van der Waals surface area contributed by atoms with Crippen molar-refractivity contribution in [2.24, 2.45) is 0 Å². The maximum atomic E-state index is 14.1. The van der Waals surface area contributed by atoms with E-state index in [1.54, 1.807) is 0 Å². The lowest BCUT2D eigenvalue weighted by Gasteiger charge is -2.22. The summed E-state index contributed by atoms with van der Waals surface area (Å²) in [6, 6.07) is 5.06. The topological polar surface area (TPSA) is 78.5 Å². The highest BCUT2D eigenvalue weighted by Crippen LogP contribution is 2.31. The number of rotatable bonds is 4. The number of hydrogen-bond acceptors (Lipinski definition) is 3. The van der Waals surface area contributed by atoms with Crippen LogP contribution in [0.2, 0.25) is 5.02 Å². The molecule has 1 saturated heterocycles. The number of nitrogens with zero attached hydrogens (tertiary/aromatic N) is 1. The summed E-state index contributed by atoms with van der Waals surface area (Å²) < 4.78 is 41.4. The number of carbonyl (C=O) groups is 3. The van der Waals surface area contributed by atoms with Crippen molar-refractivity contribution in [3.8, 4) is 0 Å². The third-order valence-corrected chi connectivity index (χ3v) is 4.48. The van der Waals surface area contributed by atoms with Gasteiger partial charge >= 0.3 is 6.03 Å². The smallest absolute Gasteiger partial charge is 0.322 e. The Kier molecular flexibility index (Phi) is 5.03. The van der Waals surface area contributed by atoms with Crippen molar-refractivity contribution in [1.82, 2.24) is 10.2 Å². The molecule has 2 aromatic carbocycles. The molecule has 0 aliphatic carbocycles. The van der Waals surface area contributed by atoms with Crippen LogP contribution in [0.4, 0.5) is 23.7 Å². The summed E-state index contributed by atoms with van der Waals surface area (Å²) in [5.41, 5.74) is -2.47. The average molecular weight is 412 g/mol. The highest BCUT2D eigenvalue weighted by molar-refractivity contribution is 6.30. The first-order valence-electron chi connectivity index (χ1n) is 7.96. The largest absolute Gasteiger partial charge is 0.325 e. The van der Waals surface area contributed by atoms with Gasteiger partial charge in [0.05, 0.1) is 5.69 Å². The van der Waals surface area contributed by atoms with Crippen LogP contribution in [0.25, 0.3) is 0 Å². The number of hydrogen-bond donors (Lipinski definition) is 2. The quantitative estimate of drug-likeness (QED) is 0.759. The number of amides is 4. The molecule has 1 atom stereocenters. The van der Waals surface area contributed by atoms with Crippen LogP contribution in [0.3, 0.4) is 0 Å². The molecule has 0 aromatic heterocycles. The van der Waals surface area contributed by atoms with Crippen molar-refractivity contribution in [1.29, 1.82) is 0 Å². The molecule has 0 bridgehead atoms. The second kappa shape index (κ2) is 7.16. The lowest BCUT2D eigenvalue weighted by Crippen LogP contribution is -2.42. The van der Waals surface area contributed by atoms with Crippen molar-refractivity contribution in [3.63, 3.8) is 0 Å². The summed E-state index contributed by atoms with van der Waals surface area (Å²) in [6.45, 7) is 0.446. The summed E-state index contributed by atoms with van der Waals surface area (Å²) >= 11 is 5.63. The molecule has 1 aliphatic rings. The van der Waals surface area contributed by atoms with Gasteiger partial charge in [-0.3, -0.25) is 14.5 Å². The zero-order valence-corrected chi connectivity index (χ0v) is 15.1. The standard InChI is InChI=1S/C18H13ClF3N3O3/c1-18(11-7-10(20)3-4-12(11)21)16(27)25(17(28)24-18)8-15(26)23-14-5-2-9(19)6-13(14)22/h2-7H,8H2,1H3,(H,23,26)(H,24,28)/t18-/m1/s1. The van der Waals surface area contributed by atoms with E-state index in [0.29, 0.717) is 4.90 Å². The van der Waals surface area contributed by atoms with Crippen LogP contribution in [0.15, 0.2) is 36.4 Å². The number of anilines is 1. The number of imide groups is 1. The number of halogens is 4. The molecule has 10 heteroatoms. The summed E-state index contributed by atoms with van der Waals surface area (Å²) in [7, 11) is 0. The van der Waals surface area contributed by atoms with Gasteiger partial charge in [-0.25, -0.2) is 18.0 Å². The van der Waals surface area contributed by atoms with E-state index in [-0.39, 0.29) is 16.3 Å². The van der Waals surface area contributed by atoms with Gasteiger partial charge in [-0.1, -0.05) is 11.6 Å². The first-order valence-corrected chi connectivity index (χ1v) is 8.34. The predicted molar refractivity (Wildman–Crippen MR) is 94.0 cm³/mol. The van der Waals surface area contributed by atoms with Crippen LogP contribution in [-0.4, -0.2) is 29.3 Å². The Morgan fingerprint density at radius 2 is 1.86 bits per heavy atom. The Labute approximate surface area is 162 Å². The van der Waals surface area contributed by atoms with Crippen LogP contribution in [0.5, 0.6) is 0 Å². The van der Waals surface area contributed by atoms with Crippen LogP contribution >= 0.6 is 11.6 Å². The molecule has 3 rings (SSSR count). The van der Waals surface area contributed by atoms with Crippen molar-refractivity contribution in [2.75, 3.05) is 11.9 Å². The van der Waals surface area contributed by atoms with Gasteiger partial charge in [0.15, 0.2) is 0 Å². The Morgan fingerprint density at radius 3 is 2.54 bits per heavy atom. The molecule has 6 nitrogen and oxygen atoms in total. The van der Waals surface area contributed by atoms with E-state index in [4.69, 9.17) is 11.6 Å². The van der Waals surface area contributed by atoms with Crippen LogP contribution in [0.1, 0.15) is 12.5 Å². The molecule has 2 N–H and O–H groups in total. The maximum Gasteiger partial charge on any atom is 0.325 e. The van der Waals surface area contributed by atoms with Crippen molar-refractivity contribution in [3.05, 3.63) is 64.4 Å². The van der Waals surface area contributed by atoms with E-state index >= 15 is 0 Å². The van der Waals surface area contributed by atoms with Crippen molar-refractivity contribution >= 4 is 35.1 Å². The molecule has 28 heavy (non-hydrogen) atoms. The van der Waals surface area contributed by atoms with Gasteiger partial charge in [0.1, 0.15) is 29.5 Å². The molecule has 1 aliphatic heterocycles. The van der Waals surface area contributed by atoms with Crippen molar-refractivity contribution < 1.29 is 27.6 Å². The molecule has 4 amide bonds. The first-order chi connectivity index (χ1) is 13.1. The molecule has 0 radical (unpaired) electrons. The van der Waals surface area contributed by atoms with Crippen LogP contribution < -0.4 is 10.6 Å². The van der Waals surface area contributed by atoms with Gasteiger partial charge < -0.3 is 10.6 Å². The van der Waals surface area contributed by atoms with E-state index in [1.165, 1.54) is 19.1 Å². The lowest BCUT2D eigenvalue weighted by atomic mass is 9.91. The third-order valence-electron chi connectivity index (χ3n) is 4.25. The molecular weight excluding hydrogens is 399 g/mol. The second-order valence-electron chi connectivity index (χ2n) is 6.24. The Morgan fingerprint density at radius 1 is 1.14 bits per heavy atom. The molecule has 0 unspecified atom stereocenters. The SMILES string of the molecule is C[C@]1(c2cc(F)ccc2F)NC(=O)N(CC(=O)Nc2ccc(Cl)cc2F)C1=O. The van der Waals surface area contributed by atoms with Crippen LogP contribution in [-0.2, 0) is 15.1 Å². The van der Waals surface area contributed by atoms with E-state index in [0.717, 1.165) is 24.3 Å². The second-order valence-corrected chi connectivity index (χ2v) is 6.68. The highest BCUT2D eigenvalue weighted by atomic mass is 35.5. The fourth-order valence-electron chi connectivity index (χ4n) is 2.83. The Hall–Kier alpha value is -3.07. The zero-order chi connectivity index (χ0) is 20.6. The van der Waals surface area contributed by atoms with Gasteiger partial charge in [-0.2, -0.15) is 0 Å². The molecule has 0 spiro atoms. The van der Waals surface area contributed by atoms with Gasteiger partial charge in [0.2, 0.25) is 5.91 Å². The summed E-state index contributed by atoms with van der Waals surface area (Å²) in [5, 5.41) is 4.60. The number of benzene rings is 2. The Bertz CT molecular complexity index is 1000. The fraction of sp³-hybridized carbons (Fsp3) is 0.167. The van der Waals surface area contributed by atoms with Gasteiger partial charge in [-0.15, -0.1) is 0 Å². The molecule has 1 fully saturated rings. The van der Waals surface area contributed by atoms with Crippen molar-refractivity contribution in [2.45, 2.75) is 12.5 Å². The van der Waals surface area contributed by atoms with Gasteiger partial charge in [-0.05, 0) is 43.3 Å². The number of urea groups is 1. The molecular formula is C18H13ClF3N3O3. The first kappa shape index (κ1) is 19.7. The zero-order valence-electron chi connectivity index (χ0n) is 14.4. The number of nitrogens with one attached hydrogen (secondary N) is 2. The summed E-state index contributed by atoms with van der Waals surface area (Å²) in [6.07, 6.45) is 0. The van der Waals surface area contributed by atoms with Gasteiger partial charge in [0, 0.05) is 10.6 Å². The molecule has 1 heterocycles. The minimum atomic E-state index is -1.89. The minimum absolute atomic E-state index is 0.123. The number of carbonyl (C=O) groups excluding carboxylic acids is 3. The van der Waals surface area contributed by atoms with E-state index in [1.807, 2.05) is 0 Å². The predicted octanol–water partition coefficient (Wildman–Crippen LogP) is 3.16. The van der Waals surface area contributed by atoms with Crippen LogP contribution in [0, 0.1) is 17.5 Å². The maximum absolute atomic E-state index is 14.1. The molecule has 146 valence electrons. The monoisotopic (exact) mass is 411 g/mol. The molecule has 0 saturated carbocycles. The lowest BCUT2D eigenvalue weighted by molar-refractivity contribution is -0.133. The highest BCUT2D eigenvalue weighted by Gasteiger charge is 2.50. The van der Waals surface area contributed by atoms with E-state index in [2.05, 4.69) is 10.6 Å². The van der Waals surface area contributed by atoms with E-state index in [9.17, 15) is 27.6 Å². The molecule has 2 aromatic rings.